The maximum atomic E-state index is 12.2. The molecule has 2 aromatic carbocycles. The second-order valence-electron chi connectivity index (χ2n) is 3.71. The highest BCUT2D eigenvalue weighted by Gasteiger charge is 2.26. The fourth-order valence-corrected chi connectivity index (χ4v) is 2.75. The highest BCUT2D eigenvalue weighted by atomic mass is 79.9. The van der Waals surface area contributed by atoms with E-state index < -0.39 is 0 Å². The third-order valence-corrected chi connectivity index (χ3v) is 3.73. The molecule has 2 aromatic rings. The van der Waals surface area contributed by atoms with Gasteiger partial charge in [-0.1, -0.05) is 71.7 Å². The summed E-state index contributed by atoms with van der Waals surface area (Å²) in [7, 11) is 0. The third-order valence-electron chi connectivity index (χ3n) is 2.74. The van der Waals surface area contributed by atoms with Crippen molar-refractivity contribution in [1.29, 1.82) is 0 Å². The van der Waals surface area contributed by atoms with Gasteiger partial charge in [-0.25, -0.2) is 0 Å². The molecule has 0 bridgehead atoms. The van der Waals surface area contributed by atoms with Crippen LogP contribution in [0.2, 0.25) is 0 Å². The lowest BCUT2D eigenvalue weighted by Crippen LogP contribution is -1.94. The van der Waals surface area contributed by atoms with Gasteiger partial charge in [0.05, 0.1) is 0 Å². The Morgan fingerprint density at radius 1 is 0.650 bits per heavy atom. The minimum absolute atomic E-state index is 0.104. The first-order valence-electron chi connectivity index (χ1n) is 6.81. The number of hydrogen-bond donors (Lipinski definition) is 0. The topological polar surface area (TPSA) is 17.1 Å². The van der Waals surface area contributed by atoms with Crippen LogP contribution < -0.4 is 0 Å². The molecule has 0 saturated heterocycles. The number of hydrogen-bond acceptors (Lipinski definition) is 1. The first-order valence-corrected chi connectivity index (χ1v) is 8.39. The predicted octanol–water partition coefficient (Wildman–Crippen LogP) is 6.48. The molecule has 106 valence electrons. The summed E-state index contributed by atoms with van der Waals surface area (Å²) >= 11 is 6.78. The Hall–Kier alpha value is -0.930. The SMILES string of the molecule is CC.CC.O=C1c2cc(Br)ccc2-c2ccc(Br)cc21. The van der Waals surface area contributed by atoms with Crippen molar-refractivity contribution in [3.8, 4) is 11.1 Å². The molecule has 0 N–H and O–H groups in total. The molecule has 1 nitrogen and oxygen atoms in total. The third kappa shape index (κ3) is 3.21. The fraction of sp³-hybridized carbons (Fsp3) is 0.235. The molecule has 0 fully saturated rings. The van der Waals surface area contributed by atoms with Crippen molar-refractivity contribution in [3.05, 3.63) is 56.5 Å². The smallest absolute Gasteiger partial charge is 0.194 e. The number of fused-ring (bicyclic) bond motifs is 3. The number of carbonyl (C=O) groups excluding carboxylic acids is 1. The molecule has 1 aliphatic rings. The fourth-order valence-electron chi connectivity index (χ4n) is 2.02. The Morgan fingerprint density at radius 2 is 1.00 bits per heavy atom. The van der Waals surface area contributed by atoms with Gasteiger partial charge in [0.2, 0.25) is 0 Å². The largest absolute Gasteiger partial charge is 0.289 e. The summed E-state index contributed by atoms with van der Waals surface area (Å²) in [4.78, 5) is 12.2. The zero-order chi connectivity index (χ0) is 15.3. The molecule has 1 aliphatic carbocycles. The van der Waals surface area contributed by atoms with E-state index in [1.54, 1.807) is 0 Å². The van der Waals surface area contributed by atoms with Crippen LogP contribution in [0, 0.1) is 0 Å². The van der Waals surface area contributed by atoms with Gasteiger partial charge in [0.15, 0.2) is 5.78 Å². The van der Waals surface area contributed by atoms with Crippen molar-refractivity contribution in [1.82, 2.24) is 0 Å². The number of benzene rings is 2. The summed E-state index contributed by atoms with van der Waals surface area (Å²) in [5, 5.41) is 0. The Morgan fingerprint density at radius 3 is 1.35 bits per heavy atom. The Bertz CT molecular complexity index is 565. The predicted molar refractivity (Wildman–Crippen MR) is 93.4 cm³/mol. The quantitative estimate of drug-likeness (QED) is 0.424. The average Bonchev–Trinajstić information content (AvgIpc) is 2.76. The van der Waals surface area contributed by atoms with Crippen LogP contribution in [0.25, 0.3) is 11.1 Å². The number of rotatable bonds is 0. The molecule has 0 radical (unpaired) electrons. The van der Waals surface area contributed by atoms with E-state index in [0.717, 1.165) is 31.2 Å². The minimum Gasteiger partial charge on any atom is -0.289 e. The van der Waals surface area contributed by atoms with Crippen molar-refractivity contribution in [2.24, 2.45) is 0 Å². The standard InChI is InChI=1S/C13H6Br2O.2C2H6/c14-7-1-3-9-10-4-2-8(15)6-12(10)13(16)11(9)5-7;2*1-2/h1-6H;2*1-2H3. The normalized spacial score (nSPS) is 10.6. The van der Waals surface area contributed by atoms with Crippen molar-refractivity contribution in [3.63, 3.8) is 0 Å². The molecule has 0 aliphatic heterocycles. The first-order chi connectivity index (χ1) is 9.66. The van der Waals surface area contributed by atoms with E-state index in [-0.39, 0.29) is 5.78 Å². The van der Waals surface area contributed by atoms with Crippen LogP contribution in [-0.2, 0) is 0 Å². The average molecular weight is 398 g/mol. The van der Waals surface area contributed by atoms with Gasteiger partial charge in [0.1, 0.15) is 0 Å². The van der Waals surface area contributed by atoms with Crippen LogP contribution in [0.15, 0.2) is 45.3 Å². The van der Waals surface area contributed by atoms with Gasteiger partial charge in [-0.3, -0.25) is 4.79 Å². The van der Waals surface area contributed by atoms with E-state index in [9.17, 15) is 4.79 Å². The zero-order valence-electron chi connectivity index (χ0n) is 12.1. The number of ketones is 1. The van der Waals surface area contributed by atoms with Crippen molar-refractivity contribution < 1.29 is 4.79 Å². The second-order valence-corrected chi connectivity index (χ2v) is 5.54. The minimum atomic E-state index is 0.104. The van der Waals surface area contributed by atoms with E-state index in [1.807, 2.05) is 64.1 Å². The Balaban J connectivity index is 0.000000461. The van der Waals surface area contributed by atoms with E-state index >= 15 is 0 Å². The molecule has 0 amide bonds. The molecular weight excluding hydrogens is 380 g/mol. The first kappa shape index (κ1) is 17.1. The summed E-state index contributed by atoms with van der Waals surface area (Å²) in [6.45, 7) is 8.00. The molecule has 3 rings (SSSR count). The van der Waals surface area contributed by atoms with Gasteiger partial charge < -0.3 is 0 Å². The highest BCUT2D eigenvalue weighted by molar-refractivity contribution is 9.10. The Labute approximate surface area is 137 Å². The van der Waals surface area contributed by atoms with Crippen LogP contribution in [0.5, 0.6) is 0 Å². The highest BCUT2D eigenvalue weighted by Crippen LogP contribution is 2.38. The number of carbonyl (C=O) groups is 1. The molecule has 0 unspecified atom stereocenters. The molecule has 3 heteroatoms. The molecule has 0 saturated carbocycles. The summed E-state index contributed by atoms with van der Waals surface area (Å²) in [5.74, 6) is 0.104. The summed E-state index contributed by atoms with van der Waals surface area (Å²) in [5.41, 5.74) is 3.61. The number of halogens is 2. The van der Waals surface area contributed by atoms with Crippen LogP contribution in [0.4, 0.5) is 0 Å². The lowest BCUT2D eigenvalue weighted by molar-refractivity contribution is 0.104. The molecule has 0 heterocycles. The van der Waals surface area contributed by atoms with E-state index in [4.69, 9.17) is 0 Å². The molecule has 0 spiro atoms. The molecule has 0 aromatic heterocycles. The molecule has 20 heavy (non-hydrogen) atoms. The van der Waals surface area contributed by atoms with Crippen molar-refractivity contribution >= 4 is 37.6 Å². The van der Waals surface area contributed by atoms with Crippen molar-refractivity contribution in [2.45, 2.75) is 27.7 Å². The monoisotopic (exact) mass is 396 g/mol. The van der Waals surface area contributed by atoms with Crippen LogP contribution in [-0.4, -0.2) is 5.78 Å². The lowest BCUT2D eigenvalue weighted by Gasteiger charge is -1.99. The summed E-state index contributed by atoms with van der Waals surface area (Å²) < 4.78 is 1.87. The van der Waals surface area contributed by atoms with E-state index in [2.05, 4.69) is 31.9 Å². The lowest BCUT2D eigenvalue weighted by atomic mass is 10.1. The molecular formula is C17H18Br2O. The summed E-state index contributed by atoms with van der Waals surface area (Å²) in [6.07, 6.45) is 0. The van der Waals surface area contributed by atoms with Crippen LogP contribution in [0.3, 0.4) is 0 Å². The molecule has 0 atom stereocenters. The van der Waals surface area contributed by atoms with Crippen LogP contribution >= 0.6 is 31.9 Å². The maximum Gasteiger partial charge on any atom is 0.194 e. The Kier molecular flexibility index (Phi) is 6.63. The van der Waals surface area contributed by atoms with Gasteiger partial charge in [-0.15, -0.1) is 0 Å². The second kappa shape index (κ2) is 7.75. The van der Waals surface area contributed by atoms with E-state index in [0.29, 0.717) is 0 Å². The van der Waals surface area contributed by atoms with Gasteiger partial charge in [-0.2, -0.15) is 0 Å². The van der Waals surface area contributed by atoms with Gasteiger partial charge in [0.25, 0.3) is 0 Å². The van der Waals surface area contributed by atoms with Gasteiger partial charge in [0, 0.05) is 20.1 Å². The van der Waals surface area contributed by atoms with Crippen LogP contribution in [0.1, 0.15) is 43.6 Å². The summed E-state index contributed by atoms with van der Waals surface area (Å²) in [6, 6.07) is 11.7. The van der Waals surface area contributed by atoms with E-state index in [1.165, 1.54) is 0 Å². The zero-order valence-corrected chi connectivity index (χ0v) is 15.3. The maximum absolute atomic E-state index is 12.2. The van der Waals surface area contributed by atoms with Gasteiger partial charge in [-0.05, 0) is 35.4 Å². The van der Waals surface area contributed by atoms with Gasteiger partial charge >= 0.3 is 0 Å². The van der Waals surface area contributed by atoms with Crippen molar-refractivity contribution in [2.75, 3.05) is 0 Å².